The summed E-state index contributed by atoms with van der Waals surface area (Å²) in [4.78, 5) is 0. The van der Waals surface area contributed by atoms with Gasteiger partial charge in [0.1, 0.15) is 5.82 Å². The van der Waals surface area contributed by atoms with Crippen molar-refractivity contribution in [2.45, 2.75) is 13.0 Å². The Labute approximate surface area is 106 Å². The maximum Gasteiger partial charge on any atom is 0.128 e. The van der Waals surface area contributed by atoms with E-state index < -0.39 is 0 Å². The van der Waals surface area contributed by atoms with E-state index in [1.807, 2.05) is 30.3 Å². The molecule has 2 aromatic rings. The molecule has 0 aliphatic carbocycles. The molecule has 3 heteroatoms. The molecule has 2 nitrogen and oxygen atoms in total. The lowest BCUT2D eigenvalue weighted by Gasteiger charge is -2.07. The summed E-state index contributed by atoms with van der Waals surface area (Å²) >= 11 is 0. The normalized spacial score (nSPS) is 9.78. The number of anilines is 1. The molecule has 0 aliphatic rings. The third kappa shape index (κ3) is 3.08. The van der Waals surface area contributed by atoms with E-state index in [4.69, 9.17) is 5.26 Å². The second-order valence-electron chi connectivity index (χ2n) is 3.98. The van der Waals surface area contributed by atoms with Crippen LogP contribution in [0.25, 0.3) is 0 Å². The number of hydrogen-bond acceptors (Lipinski definition) is 2. The van der Waals surface area contributed by atoms with Gasteiger partial charge in [-0.3, -0.25) is 0 Å². The minimum Gasteiger partial charge on any atom is -0.381 e. The number of rotatable bonds is 4. The average Bonchev–Trinajstić information content (AvgIpc) is 2.40. The van der Waals surface area contributed by atoms with E-state index in [1.165, 1.54) is 6.07 Å². The van der Waals surface area contributed by atoms with Crippen molar-refractivity contribution in [1.82, 2.24) is 0 Å². The van der Waals surface area contributed by atoms with E-state index in [0.717, 1.165) is 11.3 Å². The molecule has 0 saturated carbocycles. The lowest BCUT2D eigenvalue weighted by Crippen LogP contribution is -2.01. The third-order valence-electron chi connectivity index (χ3n) is 2.68. The summed E-state index contributed by atoms with van der Waals surface area (Å²) in [5.41, 5.74) is 2.53. The summed E-state index contributed by atoms with van der Waals surface area (Å²) < 4.78 is 13.4. The molecule has 0 saturated heterocycles. The fourth-order valence-corrected chi connectivity index (χ4v) is 1.67. The molecule has 0 aromatic heterocycles. The van der Waals surface area contributed by atoms with Gasteiger partial charge in [0.15, 0.2) is 0 Å². The van der Waals surface area contributed by atoms with E-state index in [9.17, 15) is 4.39 Å². The zero-order valence-corrected chi connectivity index (χ0v) is 9.86. The van der Waals surface area contributed by atoms with Crippen LogP contribution in [0.2, 0.25) is 0 Å². The van der Waals surface area contributed by atoms with Gasteiger partial charge in [-0.15, -0.1) is 0 Å². The molecule has 0 atom stereocenters. The van der Waals surface area contributed by atoms with Gasteiger partial charge < -0.3 is 5.32 Å². The number of hydrogen-bond donors (Lipinski definition) is 1. The van der Waals surface area contributed by atoms with Gasteiger partial charge in [0.25, 0.3) is 0 Å². The Bertz CT molecular complexity index is 555. The van der Waals surface area contributed by atoms with Gasteiger partial charge in [-0.05, 0) is 23.8 Å². The quantitative estimate of drug-likeness (QED) is 0.887. The predicted octanol–water partition coefficient (Wildman–Crippen LogP) is 3.50. The van der Waals surface area contributed by atoms with Crippen molar-refractivity contribution < 1.29 is 4.39 Å². The molecule has 1 N–H and O–H groups in total. The first-order valence-corrected chi connectivity index (χ1v) is 5.73. The molecular weight excluding hydrogens is 227 g/mol. The lowest BCUT2D eigenvalue weighted by atomic mass is 10.1. The van der Waals surface area contributed by atoms with Crippen LogP contribution in [0.1, 0.15) is 11.1 Å². The molecule has 0 amide bonds. The fourth-order valence-electron chi connectivity index (χ4n) is 1.67. The maximum atomic E-state index is 13.4. The first-order valence-electron chi connectivity index (χ1n) is 5.73. The monoisotopic (exact) mass is 240 g/mol. The Kier molecular flexibility index (Phi) is 3.93. The van der Waals surface area contributed by atoms with Crippen LogP contribution in [0.3, 0.4) is 0 Å². The molecular formula is C15H13FN2. The summed E-state index contributed by atoms with van der Waals surface area (Å²) in [6, 6.07) is 16.4. The average molecular weight is 240 g/mol. The third-order valence-corrected chi connectivity index (χ3v) is 2.68. The van der Waals surface area contributed by atoms with Gasteiger partial charge in [0.2, 0.25) is 0 Å². The van der Waals surface area contributed by atoms with Crippen molar-refractivity contribution in [3.05, 3.63) is 65.5 Å². The first-order chi connectivity index (χ1) is 8.79. The highest BCUT2D eigenvalue weighted by atomic mass is 19.1. The van der Waals surface area contributed by atoms with E-state index in [-0.39, 0.29) is 5.82 Å². The topological polar surface area (TPSA) is 35.8 Å². The molecule has 2 rings (SSSR count). The van der Waals surface area contributed by atoms with Crippen LogP contribution in [0.4, 0.5) is 10.1 Å². The minimum absolute atomic E-state index is 0.203. The maximum absolute atomic E-state index is 13.4. The van der Waals surface area contributed by atoms with E-state index >= 15 is 0 Å². The van der Waals surface area contributed by atoms with Crippen molar-refractivity contribution in [3.8, 4) is 6.07 Å². The number of nitrogens with one attached hydrogen (secondary N) is 1. The smallest absolute Gasteiger partial charge is 0.128 e. The Morgan fingerprint density at radius 3 is 2.44 bits per heavy atom. The Morgan fingerprint density at radius 1 is 1.06 bits per heavy atom. The van der Waals surface area contributed by atoms with E-state index in [2.05, 4.69) is 11.4 Å². The van der Waals surface area contributed by atoms with Crippen LogP contribution in [-0.4, -0.2) is 0 Å². The largest absolute Gasteiger partial charge is 0.381 e. The summed E-state index contributed by atoms with van der Waals surface area (Å²) in [6.07, 6.45) is 0.410. The van der Waals surface area contributed by atoms with Crippen LogP contribution in [-0.2, 0) is 13.0 Å². The number of halogens is 1. The van der Waals surface area contributed by atoms with Crippen molar-refractivity contribution in [2.75, 3.05) is 5.32 Å². The highest BCUT2D eigenvalue weighted by molar-refractivity contribution is 5.45. The summed E-state index contributed by atoms with van der Waals surface area (Å²) in [6.45, 7) is 0.449. The van der Waals surface area contributed by atoms with Crippen LogP contribution < -0.4 is 5.32 Å². The highest BCUT2D eigenvalue weighted by Crippen LogP contribution is 2.13. The zero-order valence-electron chi connectivity index (χ0n) is 9.86. The molecule has 0 fully saturated rings. The molecule has 0 aliphatic heterocycles. The van der Waals surface area contributed by atoms with Crippen molar-refractivity contribution in [3.63, 3.8) is 0 Å². The van der Waals surface area contributed by atoms with Gasteiger partial charge in [-0.1, -0.05) is 30.3 Å². The van der Waals surface area contributed by atoms with Gasteiger partial charge in [0.05, 0.1) is 12.5 Å². The SMILES string of the molecule is N#CCc1ccc(NCc2ccccc2F)cc1. The fraction of sp³-hybridized carbons (Fsp3) is 0.133. The van der Waals surface area contributed by atoms with Gasteiger partial charge >= 0.3 is 0 Å². The zero-order chi connectivity index (χ0) is 12.8. The molecule has 0 spiro atoms. The molecule has 0 heterocycles. The Morgan fingerprint density at radius 2 is 1.78 bits per heavy atom. The van der Waals surface area contributed by atoms with Gasteiger partial charge in [0, 0.05) is 17.8 Å². The van der Waals surface area contributed by atoms with Crippen LogP contribution in [0.15, 0.2) is 48.5 Å². The van der Waals surface area contributed by atoms with Crippen molar-refractivity contribution in [2.24, 2.45) is 0 Å². The summed E-state index contributed by atoms with van der Waals surface area (Å²) in [7, 11) is 0. The van der Waals surface area contributed by atoms with Gasteiger partial charge in [-0.25, -0.2) is 4.39 Å². The summed E-state index contributed by atoms with van der Waals surface area (Å²) in [5.74, 6) is -0.203. The van der Waals surface area contributed by atoms with Crippen LogP contribution in [0.5, 0.6) is 0 Å². The molecule has 18 heavy (non-hydrogen) atoms. The molecule has 90 valence electrons. The molecule has 0 unspecified atom stereocenters. The van der Waals surface area contributed by atoms with Crippen LogP contribution >= 0.6 is 0 Å². The summed E-state index contributed by atoms with van der Waals surface area (Å²) in [5, 5.41) is 11.7. The van der Waals surface area contributed by atoms with Crippen molar-refractivity contribution >= 4 is 5.69 Å². The highest BCUT2D eigenvalue weighted by Gasteiger charge is 2.00. The minimum atomic E-state index is -0.203. The van der Waals surface area contributed by atoms with E-state index in [0.29, 0.717) is 18.5 Å². The Hall–Kier alpha value is -2.34. The second-order valence-corrected chi connectivity index (χ2v) is 3.98. The standard InChI is InChI=1S/C15H13FN2/c16-15-4-2-1-3-13(15)11-18-14-7-5-12(6-8-14)9-10-17/h1-8,18H,9,11H2. The lowest BCUT2D eigenvalue weighted by molar-refractivity contribution is 0.613. The molecule has 2 aromatic carbocycles. The Balaban J connectivity index is 1.98. The second kappa shape index (κ2) is 5.83. The first kappa shape index (κ1) is 12.1. The van der Waals surface area contributed by atoms with E-state index in [1.54, 1.807) is 12.1 Å². The van der Waals surface area contributed by atoms with Crippen LogP contribution in [0, 0.1) is 17.1 Å². The number of nitrogens with zero attached hydrogens (tertiary/aromatic N) is 1. The molecule has 0 radical (unpaired) electrons. The number of benzene rings is 2. The molecule has 0 bridgehead atoms. The van der Waals surface area contributed by atoms with Gasteiger partial charge in [-0.2, -0.15) is 5.26 Å². The van der Waals surface area contributed by atoms with Crippen molar-refractivity contribution in [1.29, 1.82) is 5.26 Å². The number of nitriles is 1. The predicted molar refractivity (Wildman–Crippen MR) is 69.5 cm³/mol.